The van der Waals surface area contributed by atoms with E-state index in [1.54, 1.807) is 0 Å². The molecule has 6 heteroatoms. The number of carboxylic acid groups (broad SMARTS) is 1. The van der Waals surface area contributed by atoms with E-state index in [1.165, 1.54) is 7.11 Å². The Morgan fingerprint density at radius 2 is 2.21 bits per heavy atom. The quantitative estimate of drug-likeness (QED) is 0.536. The van der Waals surface area contributed by atoms with Crippen LogP contribution < -0.4 is 5.32 Å². The summed E-state index contributed by atoms with van der Waals surface area (Å²) >= 11 is 0. The van der Waals surface area contributed by atoms with Gasteiger partial charge in [0.05, 0.1) is 13.2 Å². The van der Waals surface area contributed by atoms with Crippen LogP contribution in [0.25, 0.3) is 0 Å². The molecule has 0 heterocycles. The Morgan fingerprint density at radius 1 is 1.57 bits per heavy atom. The monoisotopic (exact) mass is 203 g/mol. The van der Waals surface area contributed by atoms with Crippen LogP contribution >= 0.6 is 0 Å². The van der Waals surface area contributed by atoms with Crippen molar-refractivity contribution in [2.75, 3.05) is 7.11 Å². The lowest BCUT2D eigenvalue weighted by atomic mass is 9.98. The molecule has 14 heavy (non-hydrogen) atoms. The van der Waals surface area contributed by atoms with Crippen LogP contribution in [0.15, 0.2) is 0 Å². The van der Waals surface area contributed by atoms with E-state index in [1.807, 2.05) is 0 Å². The standard InChI is InChI=1S/C8H13NO5/c1-14-6(11)8(9-7(12)13)3-2-5(10)4-8/h5,9-10H,2-4H2,1H3,(H,12,13). The highest BCUT2D eigenvalue weighted by atomic mass is 16.5. The maximum Gasteiger partial charge on any atom is 0.405 e. The normalized spacial score (nSPS) is 31.1. The summed E-state index contributed by atoms with van der Waals surface area (Å²) in [7, 11) is 1.19. The largest absolute Gasteiger partial charge is 0.467 e. The Balaban J connectivity index is 2.80. The molecule has 1 fully saturated rings. The minimum atomic E-state index is -1.29. The third-order valence-corrected chi connectivity index (χ3v) is 2.41. The van der Waals surface area contributed by atoms with E-state index >= 15 is 0 Å². The summed E-state index contributed by atoms with van der Waals surface area (Å²) in [6.07, 6.45) is -1.19. The van der Waals surface area contributed by atoms with Crippen molar-refractivity contribution < 1.29 is 24.5 Å². The van der Waals surface area contributed by atoms with Crippen molar-refractivity contribution in [3.8, 4) is 0 Å². The van der Waals surface area contributed by atoms with Gasteiger partial charge in [0.15, 0.2) is 0 Å². The zero-order valence-corrected chi connectivity index (χ0v) is 7.82. The first kappa shape index (κ1) is 10.8. The molecule has 0 aromatic carbocycles. The van der Waals surface area contributed by atoms with Crippen molar-refractivity contribution in [3.63, 3.8) is 0 Å². The molecule has 0 saturated heterocycles. The maximum atomic E-state index is 11.4. The average molecular weight is 203 g/mol. The molecule has 0 spiro atoms. The summed E-state index contributed by atoms with van der Waals surface area (Å²) in [4.78, 5) is 21.8. The second kappa shape index (κ2) is 3.83. The van der Waals surface area contributed by atoms with Crippen LogP contribution in [0.3, 0.4) is 0 Å². The fraction of sp³-hybridized carbons (Fsp3) is 0.750. The number of carbonyl (C=O) groups is 2. The Labute approximate surface area is 80.9 Å². The van der Waals surface area contributed by atoms with Crippen LogP contribution in [-0.4, -0.2) is 41.0 Å². The third-order valence-electron chi connectivity index (χ3n) is 2.41. The van der Waals surface area contributed by atoms with Gasteiger partial charge in [-0.05, 0) is 12.8 Å². The second-order valence-corrected chi connectivity index (χ2v) is 3.40. The number of esters is 1. The van der Waals surface area contributed by atoms with Crippen molar-refractivity contribution in [1.29, 1.82) is 0 Å². The van der Waals surface area contributed by atoms with E-state index in [0.717, 1.165) is 0 Å². The van der Waals surface area contributed by atoms with Gasteiger partial charge < -0.3 is 20.3 Å². The van der Waals surface area contributed by atoms with Gasteiger partial charge in [0.25, 0.3) is 0 Å². The van der Waals surface area contributed by atoms with Crippen LogP contribution in [0.2, 0.25) is 0 Å². The van der Waals surface area contributed by atoms with E-state index < -0.39 is 23.7 Å². The highest BCUT2D eigenvalue weighted by Gasteiger charge is 2.47. The predicted octanol–water partition coefficient (Wildman–Crippen LogP) is -0.289. The number of methoxy groups -OCH3 is 1. The molecule has 2 unspecified atom stereocenters. The average Bonchev–Trinajstić information content (AvgIpc) is 2.46. The minimum Gasteiger partial charge on any atom is -0.467 e. The summed E-state index contributed by atoms with van der Waals surface area (Å²) in [6.45, 7) is 0. The number of ether oxygens (including phenoxy) is 1. The van der Waals surface area contributed by atoms with Gasteiger partial charge in [0.1, 0.15) is 5.54 Å². The van der Waals surface area contributed by atoms with Crippen molar-refractivity contribution >= 4 is 12.1 Å². The molecule has 0 bridgehead atoms. The molecule has 1 saturated carbocycles. The molecule has 0 radical (unpaired) electrons. The SMILES string of the molecule is COC(=O)C1(NC(=O)O)CCC(O)C1. The van der Waals surface area contributed by atoms with Gasteiger partial charge in [-0.2, -0.15) is 0 Å². The molecule has 1 rings (SSSR count). The van der Waals surface area contributed by atoms with E-state index in [-0.39, 0.29) is 12.8 Å². The van der Waals surface area contributed by atoms with Gasteiger partial charge in [-0.15, -0.1) is 0 Å². The molecule has 0 aliphatic heterocycles. The van der Waals surface area contributed by atoms with Crippen molar-refractivity contribution in [2.45, 2.75) is 30.9 Å². The number of aliphatic hydroxyl groups excluding tert-OH is 1. The molecule has 0 aromatic heterocycles. The number of hydrogen-bond donors (Lipinski definition) is 3. The van der Waals surface area contributed by atoms with E-state index in [2.05, 4.69) is 10.1 Å². The Hall–Kier alpha value is -1.30. The molecule has 6 nitrogen and oxygen atoms in total. The molecule has 2 atom stereocenters. The summed E-state index contributed by atoms with van der Waals surface area (Å²) in [6, 6.07) is 0. The first-order valence-electron chi connectivity index (χ1n) is 4.28. The minimum absolute atomic E-state index is 0.0754. The molecule has 1 aliphatic carbocycles. The predicted molar refractivity (Wildman–Crippen MR) is 45.8 cm³/mol. The zero-order valence-electron chi connectivity index (χ0n) is 7.82. The van der Waals surface area contributed by atoms with Crippen LogP contribution in [0, 0.1) is 0 Å². The summed E-state index contributed by atoms with van der Waals surface area (Å²) < 4.78 is 4.51. The van der Waals surface area contributed by atoms with Crippen LogP contribution in [0.4, 0.5) is 4.79 Å². The van der Waals surface area contributed by atoms with Crippen LogP contribution in [0.1, 0.15) is 19.3 Å². The van der Waals surface area contributed by atoms with Crippen molar-refractivity contribution in [2.24, 2.45) is 0 Å². The molecular weight excluding hydrogens is 190 g/mol. The van der Waals surface area contributed by atoms with Gasteiger partial charge in [0.2, 0.25) is 0 Å². The number of amides is 1. The Kier molecular flexibility index (Phi) is 2.95. The number of nitrogens with one attached hydrogen (secondary N) is 1. The number of rotatable bonds is 2. The Bertz CT molecular complexity index is 254. The van der Waals surface area contributed by atoms with Crippen molar-refractivity contribution in [3.05, 3.63) is 0 Å². The molecular formula is C8H13NO5. The van der Waals surface area contributed by atoms with Gasteiger partial charge in [-0.25, -0.2) is 9.59 Å². The van der Waals surface area contributed by atoms with Gasteiger partial charge in [-0.3, -0.25) is 0 Å². The highest BCUT2D eigenvalue weighted by Crippen LogP contribution is 2.31. The zero-order chi connectivity index (χ0) is 10.8. The van der Waals surface area contributed by atoms with Crippen LogP contribution in [-0.2, 0) is 9.53 Å². The molecule has 3 N–H and O–H groups in total. The Morgan fingerprint density at radius 3 is 2.57 bits per heavy atom. The van der Waals surface area contributed by atoms with Crippen LogP contribution in [0.5, 0.6) is 0 Å². The first-order valence-corrected chi connectivity index (χ1v) is 4.28. The lowest BCUT2D eigenvalue weighted by Gasteiger charge is -2.25. The molecule has 0 aromatic rings. The third kappa shape index (κ3) is 1.95. The lowest BCUT2D eigenvalue weighted by molar-refractivity contribution is -0.148. The van der Waals surface area contributed by atoms with Crippen molar-refractivity contribution in [1.82, 2.24) is 5.32 Å². The number of aliphatic hydroxyl groups is 1. The first-order chi connectivity index (χ1) is 6.50. The summed E-state index contributed by atoms with van der Waals surface area (Å²) in [5.74, 6) is -0.642. The number of carbonyl (C=O) groups excluding carboxylic acids is 1. The summed E-state index contributed by atoms with van der Waals surface area (Å²) in [5.41, 5.74) is -1.26. The molecule has 1 amide bonds. The summed E-state index contributed by atoms with van der Waals surface area (Å²) in [5, 5.41) is 20.0. The number of hydrogen-bond acceptors (Lipinski definition) is 4. The van der Waals surface area contributed by atoms with Gasteiger partial charge in [0, 0.05) is 6.42 Å². The molecule has 1 aliphatic rings. The highest BCUT2D eigenvalue weighted by molar-refractivity contribution is 5.85. The second-order valence-electron chi connectivity index (χ2n) is 3.40. The fourth-order valence-corrected chi connectivity index (χ4v) is 1.77. The van der Waals surface area contributed by atoms with E-state index in [9.17, 15) is 14.7 Å². The van der Waals surface area contributed by atoms with E-state index in [0.29, 0.717) is 6.42 Å². The van der Waals surface area contributed by atoms with E-state index in [4.69, 9.17) is 5.11 Å². The van der Waals surface area contributed by atoms with Gasteiger partial charge in [-0.1, -0.05) is 0 Å². The molecule has 80 valence electrons. The lowest BCUT2D eigenvalue weighted by Crippen LogP contribution is -2.53. The van der Waals surface area contributed by atoms with Gasteiger partial charge >= 0.3 is 12.1 Å². The maximum absolute atomic E-state index is 11.4. The topological polar surface area (TPSA) is 95.9 Å². The fourth-order valence-electron chi connectivity index (χ4n) is 1.77. The smallest absolute Gasteiger partial charge is 0.405 e.